The molecule has 0 aliphatic rings. The summed E-state index contributed by atoms with van der Waals surface area (Å²) in [6.07, 6.45) is 21.4. The molecule has 0 amide bonds. The van der Waals surface area contributed by atoms with Crippen LogP contribution in [0.3, 0.4) is 0 Å². The van der Waals surface area contributed by atoms with Crippen molar-refractivity contribution in [1.29, 1.82) is 0 Å². The van der Waals surface area contributed by atoms with E-state index in [0.29, 0.717) is 17.8 Å². The van der Waals surface area contributed by atoms with Crippen LogP contribution in [0, 0.1) is 61.6 Å². The summed E-state index contributed by atoms with van der Waals surface area (Å²) < 4.78 is 0. The van der Waals surface area contributed by atoms with E-state index in [1.54, 1.807) is 0 Å². The fourth-order valence-corrected chi connectivity index (χ4v) is 13.5. The minimum absolute atomic E-state index is 0.149. The van der Waals surface area contributed by atoms with Crippen molar-refractivity contribution < 1.29 is 0 Å². The lowest BCUT2D eigenvalue weighted by molar-refractivity contribution is -0.306. The van der Waals surface area contributed by atoms with Crippen molar-refractivity contribution in [2.75, 3.05) is 0 Å². The molecule has 0 aromatic heterocycles. The molecule has 5 atom stereocenters. The average molecular weight is 661 g/mol. The maximum absolute atomic E-state index is 2.78. The molecule has 0 aromatic rings. The Hall–Kier alpha value is 0. The molecule has 0 heteroatoms. The van der Waals surface area contributed by atoms with E-state index in [1.165, 1.54) is 103 Å². The van der Waals surface area contributed by atoms with E-state index in [-0.39, 0.29) is 37.9 Å². The molecule has 0 aliphatic heterocycles. The minimum Gasteiger partial charge on any atom is -0.0654 e. The highest BCUT2D eigenvalue weighted by Gasteiger charge is 2.75. The van der Waals surface area contributed by atoms with Gasteiger partial charge in [0.1, 0.15) is 0 Å². The van der Waals surface area contributed by atoms with Crippen LogP contribution in [0.5, 0.6) is 0 Å². The van der Waals surface area contributed by atoms with Gasteiger partial charge in [-0.05, 0) is 100 Å². The van der Waals surface area contributed by atoms with Crippen molar-refractivity contribution in [2.45, 2.75) is 241 Å². The zero-order chi connectivity index (χ0) is 37.1. The van der Waals surface area contributed by atoms with Gasteiger partial charge in [-0.3, -0.25) is 0 Å². The van der Waals surface area contributed by atoms with Crippen LogP contribution < -0.4 is 0 Å². The largest absolute Gasteiger partial charge is 0.0654 e. The Morgan fingerprint density at radius 2 is 1.06 bits per heavy atom. The molecule has 0 saturated heterocycles. The van der Waals surface area contributed by atoms with Crippen molar-refractivity contribution in [2.24, 2.45) is 61.6 Å². The van der Waals surface area contributed by atoms with Crippen LogP contribution in [-0.4, -0.2) is 0 Å². The fourth-order valence-electron chi connectivity index (χ4n) is 13.5. The van der Waals surface area contributed by atoms with Crippen LogP contribution in [0.25, 0.3) is 0 Å². The van der Waals surface area contributed by atoms with Gasteiger partial charge in [0.15, 0.2) is 0 Å². The van der Waals surface area contributed by atoms with Crippen molar-refractivity contribution in [3.05, 3.63) is 0 Å². The molecule has 0 N–H and O–H groups in total. The molecule has 0 nitrogen and oxygen atoms in total. The van der Waals surface area contributed by atoms with Crippen LogP contribution in [0.15, 0.2) is 0 Å². The highest BCUT2D eigenvalue weighted by atomic mass is 14.8. The van der Waals surface area contributed by atoms with Crippen LogP contribution in [0.1, 0.15) is 241 Å². The normalized spacial score (nSPS) is 19.5. The molecule has 0 heterocycles. The van der Waals surface area contributed by atoms with Crippen molar-refractivity contribution in [3.63, 3.8) is 0 Å². The Labute approximate surface area is 302 Å². The second-order valence-electron chi connectivity index (χ2n) is 20.7. The zero-order valence-electron chi connectivity index (χ0n) is 37.1. The quantitative estimate of drug-likeness (QED) is 0.0904. The predicted octanol–water partition coefficient (Wildman–Crippen LogP) is 17.0. The maximum Gasteiger partial charge on any atom is -0.0105 e. The first kappa shape index (κ1) is 47.0. The van der Waals surface area contributed by atoms with Crippen molar-refractivity contribution in [1.82, 2.24) is 0 Å². The molecule has 5 unspecified atom stereocenters. The molecule has 0 fully saturated rings. The molecule has 47 heavy (non-hydrogen) atoms. The Kier molecular flexibility index (Phi) is 19.0. The van der Waals surface area contributed by atoms with Crippen LogP contribution >= 0.6 is 0 Å². The summed E-state index contributed by atoms with van der Waals surface area (Å²) in [4.78, 5) is 0. The molecule has 0 rings (SSSR count). The van der Waals surface area contributed by atoms with Gasteiger partial charge >= 0.3 is 0 Å². The van der Waals surface area contributed by atoms with Gasteiger partial charge in [-0.15, -0.1) is 0 Å². The molecule has 0 spiro atoms. The van der Waals surface area contributed by atoms with Gasteiger partial charge in [0.25, 0.3) is 0 Å². The number of rotatable bonds is 24. The van der Waals surface area contributed by atoms with E-state index < -0.39 is 0 Å². The highest BCUT2D eigenvalue weighted by molar-refractivity contribution is 5.23. The zero-order valence-corrected chi connectivity index (χ0v) is 37.1. The smallest absolute Gasteiger partial charge is 0.0105 e. The third kappa shape index (κ3) is 9.46. The maximum atomic E-state index is 2.78. The third-order valence-corrected chi connectivity index (χ3v) is 14.3. The summed E-state index contributed by atoms with van der Waals surface area (Å²) in [7, 11) is 0. The van der Waals surface area contributed by atoms with Gasteiger partial charge < -0.3 is 0 Å². The fraction of sp³-hybridized carbons (Fsp3) is 1.00. The topological polar surface area (TPSA) is 0 Å². The predicted molar refractivity (Wildman–Crippen MR) is 218 cm³/mol. The van der Waals surface area contributed by atoms with Crippen molar-refractivity contribution in [3.8, 4) is 0 Å². The average Bonchev–Trinajstić information content (AvgIpc) is 2.95. The first-order valence-corrected chi connectivity index (χ1v) is 21.5. The molecule has 0 aliphatic carbocycles. The first-order valence-electron chi connectivity index (χ1n) is 21.5. The van der Waals surface area contributed by atoms with Gasteiger partial charge in [0.2, 0.25) is 0 Å². The number of hydrogen-bond donors (Lipinski definition) is 0. The summed E-state index contributed by atoms with van der Waals surface area (Å²) in [5, 5.41) is 0. The lowest BCUT2D eigenvalue weighted by Crippen LogP contribution is -2.72. The summed E-state index contributed by atoms with van der Waals surface area (Å²) in [6.45, 7) is 52.4. The second-order valence-corrected chi connectivity index (χ2v) is 20.7. The summed E-state index contributed by atoms with van der Waals surface area (Å²) in [5.74, 6) is 2.66. The molecule has 0 radical (unpaired) electrons. The monoisotopic (exact) mass is 661 g/mol. The number of hydrogen-bond acceptors (Lipinski definition) is 0. The first-order chi connectivity index (χ1) is 21.5. The summed E-state index contributed by atoms with van der Waals surface area (Å²) >= 11 is 0. The molecule has 284 valence electrons. The van der Waals surface area contributed by atoms with Crippen LogP contribution in [0.4, 0.5) is 0 Å². The highest BCUT2D eigenvalue weighted by Crippen LogP contribution is 2.81. The standard InChI is InChI=1S/C47H96/c1-21-27-29-32-44(34-30-37(7)8,36-41(14,15)16)47(40(13)24-4,42(17,18)19)45(33-28-22-2,35-38(9)10)46(31-23-3,39(11)12)43(20,25-5)26-6/h37-40H,21-36H2,1-20H3. The Bertz CT molecular complexity index is 827. The summed E-state index contributed by atoms with van der Waals surface area (Å²) in [6, 6.07) is 0. The van der Waals surface area contributed by atoms with Gasteiger partial charge in [-0.25, -0.2) is 0 Å². The van der Waals surface area contributed by atoms with Gasteiger partial charge in [0.05, 0.1) is 0 Å². The second kappa shape index (κ2) is 19.0. The molecule has 0 bridgehead atoms. The van der Waals surface area contributed by atoms with Gasteiger partial charge in [0, 0.05) is 0 Å². The van der Waals surface area contributed by atoms with E-state index in [1.807, 2.05) is 0 Å². The molecular formula is C47H96. The number of unbranched alkanes of at least 4 members (excludes halogenated alkanes) is 3. The van der Waals surface area contributed by atoms with E-state index in [2.05, 4.69) is 138 Å². The lowest BCUT2D eigenvalue weighted by atomic mass is 9.26. The van der Waals surface area contributed by atoms with Gasteiger partial charge in [-0.2, -0.15) is 0 Å². The summed E-state index contributed by atoms with van der Waals surface area (Å²) in [5.41, 5.74) is 1.57. The van der Waals surface area contributed by atoms with Crippen molar-refractivity contribution >= 4 is 0 Å². The third-order valence-electron chi connectivity index (χ3n) is 14.3. The Balaban J connectivity index is 9.62. The lowest BCUT2D eigenvalue weighted by Gasteiger charge is -2.78. The molecule has 0 aromatic carbocycles. The Morgan fingerprint density at radius 1 is 0.532 bits per heavy atom. The van der Waals surface area contributed by atoms with Crippen LogP contribution in [-0.2, 0) is 0 Å². The molecular weight excluding hydrogens is 565 g/mol. The minimum atomic E-state index is 0.149. The Morgan fingerprint density at radius 3 is 1.40 bits per heavy atom. The van der Waals surface area contributed by atoms with E-state index >= 15 is 0 Å². The van der Waals surface area contributed by atoms with Gasteiger partial charge in [-0.1, -0.05) is 203 Å². The molecule has 0 saturated carbocycles. The van der Waals surface area contributed by atoms with Crippen LogP contribution in [0.2, 0.25) is 0 Å². The van der Waals surface area contributed by atoms with E-state index in [0.717, 1.165) is 5.92 Å². The van der Waals surface area contributed by atoms with E-state index in [4.69, 9.17) is 0 Å². The van der Waals surface area contributed by atoms with E-state index in [9.17, 15) is 0 Å². The SMILES string of the molecule is CCCCCC(CCC(C)C)(CC(C)(C)C)C(C(C)CC)(C(C)(C)C)C(CCCC)(CC(C)C)C(CCC)(C(C)C)C(C)(CC)CC.